The molecule has 1 fully saturated rings. The minimum Gasteiger partial charge on any atom is -0.478 e. The molecule has 12 heteroatoms. The lowest BCUT2D eigenvalue weighted by atomic mass is 10.1. The van der Waals surface area contributed by atoms with Gasteiger partial charge in [-0.15, -0.1) is 0 Å². The molecule has 2 amide bonds. The Balaban J connectivity index is 1.35. The molecular formula is C29H25N3O8S. The Morgan fingerprint density at radius 1 is 1.02 bits per heavy atom. The number of rotatable bonds is 9. The van der Waals surface area contributed by atoms with Crippen LogP contribution in [0.3, 0.4) is 0 Å². The van der Waals surface area contributed by atoms with Crippen molar-refractivity contribution in [3.63, 3.8) is 0 Å². The van der Waals surface area contributed by atoms with Crippen LogP contribution in [0.2, 0.25) is 0 Å². The summed E-state index contributed by atoms with van der Waals surface area (Å²) in [6.45, 7) is 2.31. The molecule has 0 aromatic heterocycles. The number of aliphatic imine (C=N–C) groups is 1. The number of thioether (sulfide) groups is 1. The number of esters is 1. The topological polar surface area (TPSA) is 144 Å². The molecule has 1 saturated heterocycles. The maximum absolute atomic E-state index is 13.5. The van der Waals surface area contributed by atoms with Crippen molar-refractivity contribution in [2.24, 2.45) is 4.99 Å². The van der Waals surface area contributed by atoms with E-state index in [1.54, 1.807) is 43.3 Å². The summed E-state index contributed by atoms with van der Waals surface area (Å²) in [6.07, 6.45) is -0.122. The third-order valence-corrected chi connectivity index (χ3v) is 7.36. The second-order valence-corrected chi connectivity index (χ2v) is 10.2. The Morgan fingerprint density at radius 2 is 1.73 bits per heavy atom. The molecule has 2 N–H and O–H groups in total. The molecule has 3 aromatic rings. The summed E-state index contributed by atoms with van der Waals surface area (Å²) >= 11 is 1.17. The lowest BCUT2D eigenvalue weighted by Crippen LogP contribution is -2.33. The number of carboxylic acid groups (broad SMARTS) is 1. The smallest absolute Gasteiger partial charge is 0.338 e. The van der Waals surface area contributed by atoms with Gasteiger partial charge in [0.1, 0.15) is 5.25 Å². The largest absolute Gasteiger partial charge is 0.478 e. The Morgan fingerprint density at radius 3 is 2.44 bits per heavy atom. The summed E-state index contributed by atoms with van der Waals surface area (Å²) in [5, 5.41) is 11.4. The number of hydrogen-bond acceptors (Lipinski definition) is 9. The van der Waals surface area contributed by atoms with E-state index < -0.39 is 23.1 Å². The fourth-order valence-corrected chi connectivity index (χ4v) is 5.32. The lowest BCUT2D eigenvalue weighted by Gasteiger charge is -2.17. The first-order valence-corrected chi connectivity index (χ1v) is 13.5. The highest BCUT2D eigenvalue weighted by molar-refractivity contribution is 8.15. The number of hydrogen-bond donors (Lipinski definition) is 2. The number of nitrogens with zero attached hydrogens (tertiary/aromatic N) is 2. The van der Waals surface area contributed by atoms with Gasteiger partial charge in [0.05, 0.1) is 30.0 Å². The quantitative estimate of drug-likeness (QED) is 0.354. The van der Waals surface area contributed by atoms with Crippen LogP contribution in [0.1, 0.15) is 39.6 Å². The number of amides is 2. The number of amidine groups is 1. The van der Waals surface area contributed by atoms with Crippen LogP contribution in [-0.2, 0) is 20.9 Å². The molecule has 1 unspecified atom stereocenters. The molecule has 2 aliphatic rings. The van der Waals surface area contributed by atoms with Crippen molar-refractivity contribution in [1.29, 1.82) is 0 Å². The molecular weight excluding hydrogens is 550 g/mol. The first-order chi connectivity index (χ1) is 19.8. The van der Waals surface area contributed by atoms with E-state index in [1.807, 2.05) is 6.07 Å². The van der Waals surface area contributed by atoms with Crippen molar-refractivity contribution in [1.82, 2.24) is 4.90 Å². The normalized spacial score (nSPS) is 16.6. The number of carbonyl (C=O) groups is 4. The standard InChI is InChI=1S/C29H25N3O8S/c1-2-38-28(37)19-6-10-21(11-7-19)31-29-32(15-17-3-12-22-23(13-17)40-16-39-22)26(34)24(41-29)14-25(33)30-20-8-4-18(5-9-20)27(35)36/h3-13,24H,2,14-16H2,1H3,(H,30,33)(H,35,36). The average Bonchev–Trinajstić information content (AvgIpc) is 3.54. The van der Waals surface area contributed by atoms with E-state index >= 15 is 0 Å². The number of carboxylic acids is 1. The fraction of sp³-hybridized carbons (Fsp3) is 0.207. The second kappa shape index (κ2) is 12.1. The predicted molar refractivity (Wildman–Crippen MR) is 151 cm³/mol. The van der Waals surface area contributed by atoms with Gasteiger partial charge in [-0.05, 0) is 73.2 Å². The average molecular weight is 576 g/mol. The summed E-state index contributed by atoms with van der Waals surface area (Å²) in [6, 6.07) is 17.7. The van der Waals surface area contributed by atoms with Crippen molar-refractivity contribution in [3.05, 3.63) is 83.4 Å². The summed E-state index contributed by atoms with van der Waals surface area (Å²) in [5.41, 5.74) is 2.21. The maximum Gasteiger partial charge on any atom is 0.338 e. The molecule has 41 heavy (non-hydrogen) atoms. The first-order valence-electron chi connectivity index (χ1n) is 12.7. The number of aromatic carboxylic acids is 1. The number of fused-ring (bicyclic) bond motifs is 1. The van der Waals surface area contributed by atoms with E-state index in [2.05, 4.69) is 10.3 Å². The van der Waals surface area contributed by atoms with Gasteiger partial charge in [0, 0.05) is 12.1 Å². The van der Waals surface area contributed by atoms with Gasteiger partial charge in [0.25, 0.3) is 0 Å². The van der Waals surface area contributed by atoms with E-state index in [4.69, 9.17) is 19.3 Å². The number of carbonyl (C=O) groups excluding carboxylic acids is 3. The summed E-state index contributed by atoms with van der Waals surface area (Å²) < 4.78 is 15.9. The molecule has 0 aliphatic carbocycles. The molecule has 1 atom stereocenters. The molecule has 0 saturated carbocycles. The van der Waals surface area contributed by atoms with Crippen LogP contribution in [0.5, 0.6) is 11.5 Å². The van der Waals surface area contributed by atoms with E-state index in [1.165, 1.54) is 40.9 Å². The van der Waals surface area contributed by atoms with Gasteiger partial charge < -0.3 is 24.6 Å². The van der Waals surface area contributed by atoms with Crippen molar-refractivity contribution >= 4 is 52.1 Å². The molecule has 0 spiro atoms. The molecule has 2 aliphatic heterocycles. The molecule has 210 valence electrons. The highest BCUT2D eigenvalue weighted by Gasteiger charge is 2.39. The van der Waals surface area contributed by atoms with Crippen molar-refractivity contribution in [2.45, 2.75) is 25.1 Å². The van der Waals surface area contributed by atoms with E-state index in [0.717, 1.165) is 5.56 Å². The van der Waals surface area contributed by atoms with Crippen LogP contribution in [0, 0.1) is 0 Å². The van der Waals surface area contributed by atoms with Gasteiger partial charge in [0.2, 0.25) is 18.6 Å². The van der Waals surface area contributed by atoms with Crippen LogP contribution in [0.4, 0.5) is 11.4 Å². The molecule has 2 heterocycles. The Hall–Kier alpha value is -4.84. The van der Waals surface area contributed by atoms with Crippen LogP contribution < -0.4 is 14.8 Å². The van der Waals surface area contributed by atoms with Crippen LogP contribution >= 0.6 is 11.8 Å². The predicted octanol–water partition coefficient (Wildman–Crippen LogP) is 4.45. The highest BCUT2D eigenvalue weighted by atomic mass is 32.2. The number of nitrogens with one attached hydrogen (secondary N) is 1. The molecule has 0 bridgehead atoms. The Labute approximate surface area is 239 Å². The van der Waals surface area contributed by atoms with E-state index in [0.29, 0.717) is 33.6 Å². The van der Waals surface area contributed by atoms with E-state index in [9.17, 15) is 19.2 Å². The van der Waals surface area contributed by atoms with Crippen LogP contribution in [0.25, 0.3) is 0 Å². The van der Waals surface area contributed by atoms with Crippen LogP contribution in [-0.4, -0.2) is 57.6 Å². The van der Waals surface area contributed by atoms with Gasteiger partial charge in [-0.1, -0.05) is 17.8 Å². The lowest BCUT2D eigenvalue weighted by molar-refractivity contribution is -0.128. The summed E-state index contributed by atoms with van der Waals surface area (Å²) in [4.78, 5) is 55.6. The molecule has 5 rings (SSSR count). The van der Waals surface area contributed by atoms with Crippen molar-refractivity contribution in [3.8, 4) is 11.5 Å². The highest BCUT2D eigenvalue weighted by Crippen LogP contribution is 2.36. The fourth-order valence-electron chi connectivity index (χ4n) is 4.17. The first kappa shape index (κ1) is 27.7. The number of benzene rings is 3. The van der Waals surface area contributed by atoms with Gasteiger partial charge in [-0.25, -0.2) is 14.6 Å². The minimum absolute atomic E-state index is 0.0971. The third-order valence-electron chi connectivity index (χ3n) is 6.19. The van der Waals surface area contributed by atoms with Crippen molar-refractivity contribution < 1.29 is 38.5 Å². The number of ether oxygens (including phenoxy) is 3. The molecule has 0 radical (unpaired) electrons. The zero-order valence-corrected chi connectivity index (χ0v) is 22.7. The van der Waals surface area contributed by atoms with Crippen LogP contribution in [0.15, 0.2) is 71.7 Å². The maximum atomic E-state index is 13.5. The third kappa shape index (κ3) is 6.49. The second-order valence-electron chi connectivity index (χ2n) is 9.02. The van der Waals surface area contributed by atoms with Crippen molar-refractivity contribution in [2.75, 3.05) is 18.7 Å². The van der Waals surface area contributed by atoms with E-state index in [-0.39, 0.29) is 37.8 Å². The van der Waals surface area contributed by atoms with Gasteiger partial charge >= 0.3 is 11.9 Å². The Kier molecular flexibility index (Phi) is 8.20. The van der Waals surface area contributed by atoms with Gasteiger partial charge in [-0.2, -0.15) is 0 Å². The SMILES string of the molecule is CCOC(=O)c1ccc(N=C2SC(CC(=O)Nc3ccc(C(=O)O)cc3)C(=O)N2Cc2ccc3c(c2)OCO3)cc1. The number of anilines is 1. The van der Waals surface area contributed by atoms with Gasteiger partial charge in [0.15, 0.2) is 16.7 Å². The Bertz CT molecular complexity index is 1520. The zero-order chi connectivity index (χ0) is 28.9. The zero-order valence-electron chi connectivity index (χ0n) is 21.9. The molecule has 11 nitrogen and oxygen atoms in total. The summed E-state index contributed by atoms with van der Waals surface area (Å²) in [5.74, 6) is -0.990. The minimum atomic E-state index is -1.07. The van der Waals surface area contributed by atoms with Gasteiger partial charge in [-0.3, -0.25) is 14.5 Å². The summed E-state index contributed by atoms with van der Waals surface area (Å²) in [7, 11) is 0. The monoisotopic (exact) mass is 575 g/mol. The molecule has 3 aromatic carbocycles.